The normalized spacial score (nSPS) is 14.2. The lowest BCUT2D eigenvalue weighted by atomic mass is 10.2. The second kappa shape index (κ2) is 10.3. The van der Waals surface area contributed by atoms with Gasteiger partial charge in [-0.3, -0.25) is 4.90 Å². The number of carbonyl (C=O) groups is 2. The lowest BCUT2D eigenvalue weighted by Gasteiger charge is -2.34. The summed E-state index contributed by atoms with van der Waals surface area (Å²) in [6, 6.07) is 16.4. The fourth-order valence-electron chi connectivity index (χ4n) is 3.71. The maximum absolute atomic E-state index is 12.6. The maximum atomic E-state index is 12.6. The van der Waals surface area contributed by atoms with Gasteiger partial charge in [-0.1, -0.05) is 18.2 Å². The molecule has 0 radical (unpaired) electrons. The molecular formula is C25H28N4O4. The number of hydrogen-bond donors (Lipinski definition) is 1. The Morgan fingerprint density at radius 1 is 1.03 bits per heavy atom. The Bertz CT molecular complexity index is 1090. The Balaban J connectivity index is 1.28. The second-order valence-electron chi connectivity index (χ2n) is 7.88. The third kappa shape index (κ3) is 5.59. The minimum absolute atomic E-state index is 0.150. The summed E-state index contributed by atoms with van der Waals surface area (Å²) in [7, 11) is 0. The van der Waals surface area contributed by atoms with E-state index in [9.17, 15) is 9.59 Å². The highest BCUT2D eigenvalue weighted by molar-refractivity contribution is 5.92. The van der Waals surface area contributed by atoms with Crippen molar-refractivity contribution in [2.75, 3.05) is 38.1 Å². The van der Waals surface area contributed by atoms with E-state index in [-0.39, 0.29) is 12.0 Å². The topological polar surface area (TPSA) is 87.9 Å². The number of hydrogen-bond acceptors (Lipinski definition) is 6. The number of ether oxygens (including phenoxy) is 1. The smallest absolute Gasteiger partial charge is 0.338 e. The molecule has 8 nitrogen and oxygen atoms in total. The standard InChI is InChI=1S/C25H28N4O4/c1-3-32-24(30)20-9-11-21(12-10-20)26-25(31)29-15-13-28(14-16-29)17-22-18(2)33-23(27-22)19-7-5-4-6-8-19/h4-12H,3,13-17H2,1-2H3,(H,26,31). The van der Waals surface area contributed by atoms with Crippen LogP contribution in [0.4, 0.5) is 10.5 Å². The van der Waals surface area contributed by atoms with Crippen molar-refractivity contribution < 1.29 is 18.7 Å². The average Bonchev–Trinajstić information content (AvgIpc) is 3.21. The number of nitrogens with zero attached hydrogens (tertiary/aromatic N) is 3. The summed E-state index contributed by atoms with van der Waals surface area (Å²) in [6.07, 6.45) is 0. The number of carbonyl (C=O) groups excluding carboxylic acids is 2. The van der Waals surface area contributed by atoms with Crippen molar-refractivity contribution in [2.24, 2.45) is 0 Å². The summed E-state index contributed by atoms with van der Waals surface area (Å²) in [4.78, 5) is 33.1. The number of piperazine rings is 1. The summed E-state index contributed by atoms with van der Waals surface area (Å²) in [5.41, 5.74) is 2.99. The molecule has 1 saturated heterocycles. The third-order valence-electron chi connectivity index (χ3n) is 5.59. The van der Waals surface area contributed by atoms with Crippen LogP contribution >= 0.6 is 0 Å². The first-order chi connectivity index (χ1) is 16.0. The largest absolute Gasteiger partial charge is 0.462 e. The molecule has 0 unspecified atom stereocenters. The van der Waals surface area contributed by atoms with Gasteiger partial charge in [0.05, 0.1) is 17.9 Å². The van der Waals surface area contributed by atoms with Crippen LogP contribution in [0.1, 0.15) is 28.7 Å². The van der Waals surface area contributed by atoms with Gasteiger partial charge in [0.2, 0.25) is 5.89 Å². The molecule has 1 fully saturated rings. The quantitative estimate of drug-likeness (QED) is 0.570. The molecule has 3 aromatic rings. The molecule has 2 heterocycles. The number of oxazole rings is 1. The van der Waals surface area contributed by atoms with Gasteiger partial charge in [0.15, 0.2) is 0 Å². The van der Waals surface area contributed by atoms with E-state index < -0.39 is 0 Å². The molecule has 0 saturated carbocycles. The number of benzene rings is 2. The Morgan fingerprint density at radius 3 is 2.39 bits per heavy atom. The van der Waals surface area contributed by atoms with E-state index in [1.807, 2.05) is 37.3 Å². The van der Waals surface area contributed by atoms with Crippen LogP contribution < -0.4 is 5.32 Å². The fraction of sp³-hybridized carbons (Fsp3) is 0.320. The van der Waals surface area contributed by atoms with Gasteiger partial charge in [-0.2, -0.15) is 0 Å². The highest BCUT2D eigenvalue weighted by Crippen LogP contribution is 2.22. The lowest BCUT2D eigenvalue weighted by Crippen LogP contribution is -2.49. The number of urea groups is 1. The monoisotopic (exact) mass is 448 g/mol. The Hall–Kier alpha value is -3.65. The molecule has 0 spiro atoms. The predicted octanol–water partition coefficient (Wildman–Crippen LogP) is 4.18. The second-order valence-corrected chi connectivity index (χ2v) is 7.88. The molecule has 2 amide bonds. The summed E-state index contributed by atoms with van der Waals surface area (Å²) in [5.74, 6) is 1.08. The number of anilines is 1. The number of aryl methyl sites for hydroxylation is 1. The predicted molar refractivity (Wildman–Crippen MR) is 125 cm³/mol. The van der Waals surface area contributed by atoms with Gasteiger partial charge >= 0.3 is 12.0 Å². The molecule has 8 heteroatoms. The average molecular weight is 449 g/mol. The van der Waals surface area contributed by atoms with Crippen molar-refractivity contribution >= 4 is 17.7 Å². The van der Waals surface area contributed by atoms with Crippen LogP contribution in [0.15, 0.2) is 59.0 Å². The number of nitrogens with one attached hydrogen (secondary N) is 1. The van der Waals surface area contributed by atoms with Crippen LogP contribution in [-0.2, 0) is 11.3 Å². The van der Waals surface area contributed by atoms with E-state index in [1.165, 1.54) is 0 Å². The number of aromatic nitrogens is 1. The minimum atomic E-state index is -0.371. The molecule has 0 aliphatic carbocycles. The first-order valence-electron chi connectivity index (χ1n) is 11.1. The van der Waals surface area contributed by atoms with Crippen LogP contribution in [0.2, 0.25) is 0 Å². The van der Waals surface area contributed by atoms with Gasteiger partial charge in [-0.15, -0.1) is 0 Å². The van der Waals surface area contributed by atoms with E-state index in [4.69, 9.17) is 9.15 Å². The Kier molecular flexibility index (Phi) is 7.04. The fourth-order valence-corrected chi connectivity index (χ4v) is 3.71. The number of amides is 2. The lowest BCUT2D eigenvalue weighted by molar-refractivity contribution is 0.0526. The molecule has 1 N–H and O–H groups in total. The molecule has 1 aliphatic rings. The number of esters is 1. The molecule has 2 aromatic carbocycles. The summed E-state index contributed by atoms with van der Waals surface area (Å²) >= 11 is 0. The van der Waals surface area contributed by atoms with Crippen LogP contribution in [0.25, 0.3) is 11.5 Å². The van der Waals surface area contributed by atoms with Gasteiger partial charge in [0.1, 0.15) is 5.76 Å². The molecule has 0 atom stereocenters. The first kappa shape index (κ1) is 22.5. The van der Waals surface area contributed by atoms with E-state index >= 15 is 0 Å². The molecule has 4 rings (SSSR count). The number of rotatable bonds is 6. The van der Waals surface area contributed by atoms with Crippen molar-refractivity contribution in [1.29, 1.82) is 0 Å². The SMILES string of the molecule is CCOC(=O)c1ccc(NC(=O)N2CCN(Cc3nc(-c4ccccc4)oc3C)CC2)cc1. The highest BCUT2D eigenvalue weighted by Gasteiger charge is 2.23. The van der Waals surface area contributed by atoms with Crippen molar-refractivity contribution in [3.63, 3.8) is 0 Å². The van der Waals surface area contributed by atoms with Crippen molar-refractivity contribution in [3.05, 3.63) is 71.6 Å². The van der Waals surface area contributed by atoms with E-state index in [0.29, 0.717) is 43.4 Å². The molecule has 33 heavy (non-hydrogen) atoms. The van der Waals surface area contributed by atoms with Gasteiger partial charge in [-0.25, -0.2) is 14.6 Å². The maximum Gasteiger partial charge on any atom is 0.338 e. The van der Waals surface area contributed by atoms with Crippen LogP contribution in [0, 0.1) is 6.92 Å². The zero-order valence-electron chi connectivity index (χ0n) is 18.9. The van der Waals surface area contributed by atoms with Crippen molar-refractivity contribution in [2.45, 2.75) is 20.4 Å². The van der Waals surface area contributed by atoms with Gasteiger partial charge < -0.3 is 19.4 Å². The van der Waals surface area contributed by atoms with Crippen molar-refractivity contribution in [1.82, 2.24) is 14.8 Å². The first-order valence-corrected chi connectivity index (χ1v) is 11.1. The van der Waals surface area contributed by atoms with Crippen LogP contribution in [-0.4, -0.2) is 59.6 Å². The molecule has 1 aliphatic heterocycles. The Morgan fingerprint density at radius 2 is 1.73 bits per heavy atom. The van der Waals surface area contributed by atoms with Crippen LogP contribution in [0.3, 0.4) is 0 Å². The van der Waals surface area contributed by atoms with E-state index in [0.717, 1.165) is 30.1 Å². The zero-order valence-corrected chi connectivity index (χ0v) is 18.9. The minimum Gasteiger partial charge on any atom is -0.462 e. The summed E-state index contributed by atoms with van der Waals surface area (Å²) in [5, 5.41) is 2.89. The summed E-state index contributed by atoms with van der Waals surface area (Å²) < 4.78 is 10.8. The van der Waals surface area contributed by atoms with E-state index in [1.54, 1.807) is 36.1 Å². The van der Waals surface area contributed by atoms with Crippen molar-refractivity contribution in [3.8, 4) is 11.5 Å². The summed E-state index contributed by atoms with van der Waals surface area (Å²) in [6.45, 7) is 7.46. The molecule has 172 valence electrons. The highest BCUT2D eigenvalue weighted by atomic mass is 16.5. The Labute approximate surface area is 193 Å². The van der Waals surface area contributed by atoms with E-state index in [2.05, 4.69) is 15.2 Å². The zero-order chi connectivity index (χ0) is 23.2. The van der Waals surface area contributed by atoms with Gasteiger partial charge in [0, 0.05) is 44.0 Å². The van der Waals surface area contributed by atoms with Crippen LogP contribution in [0.5, 0.6) is 0 Å². The van der Waals surface area contributed by atoms with Gasteiger partial charge in [0.25, 0.3) is 0 Å². The molecule has 1 aromatic heterocycles. The third-order valence-corrected chi connectivity index (χ3v) is 5.59. The molecule has 0 bridgehead atoms. The van der Waals surface area contributed by atoms with Gasteiger partial charge in [-0.05, 0) is 50.2 Å². The molecular weight excluding hydrogens is 420 g/mol.